The molecular formula is C24H25N5O2. The minimum Gasteiger partial charge on any atom is -0.506 e. The molecule has 2 aromatic carbocycles. The minimum absolute atomic E-state index is 0.0186. The van der Waals surface area contributed by atoms with Crippen LogP contribution in [0.5, 0.6) is 5.75 Å². The van der Waals surface area contributed by atoms with Crippen molar-refractivity contribution in [2.75, 3.05) is 42.5 Å². The molecule has 0 radical (unpaired) electrons. The van der Waals surface area contributed by atoms with Crippen molar-refractivity contribution < 1.29 is 9.90 Å². The van der Waals surface area contributed by atoms with E-state index in [1.165, 1.54) is 11.6 Å². The van der Waals surface area contributed by atoms with E-state index in [2.05, 4.69) is 38.5 Å². The number of rotatable bonds is 3. The summed E-state index contributed by atoms with van der Waals surface area (Å²) < 4.78 is 0. The van der Waals surface area contributed by atoms with Gasteiger partial charge in [-0.1, -0.05) is 36.9 Å². The van der Waals surface area contributed by atoms with E-state index in [9.17, 15) is 9.90 Å². The maximum absolute atomic E-state index is 11.9. The highest BCUT2D eigenvalue weighted by molar-refractivity contribution is 5.97. The number of fused-ring (bicyclic) bond motifs is 2. The summed E-state index contributed by atoms with van der Waals surface area (Å²) >= 11 is 0. The Morgan fingerprint density at radius 3 is 2.61 bits per heavy atom. The molecule has 1 N–H and O–H groups in total. The largest absolute Gasteiger partial charge is 0.506 e. The van der Waals surface area contributed by atoms with E-state index in [0.29, 0.717) is 25.4 Å². The van der Waals surface area contributed by atoms with Crippen LogP contribution in [0.1, 0.15) is 11.3 Å². The van der Waals surface area contributed by atoms with Crippen LogP contribution in [0.25, 0.3) is 10.8 Å². The van der Waals surface area contributed by atoms with Crippen LogP contribution in [0.4, 0.5) is 11.5 Å². The summed E-state index contributed by atoms with van der Waals surface area (Å²) in [6.45, 7) is 7.81. The quantitative estimate of drug-likeness (QED) is 0.663. The molecule has 2 aliphatic rings. The SMILES string of the molecule is C=CC(=O)N1CCN(c2ncnc3c2CCN(c2c(O)ccc4ccccc24)C3)CC1. The highest BCUT2D eigenvalue weighted by Gasteiger charge is 2.28. The zero-order valence-corrected chi connectivity index (χ0v) is 17.4. The number of aromatic nitrogens is 2. The van der Waals surface area contributed by atoms with Crippen molar-refractivity contribution in [3.8, 4) is 5.75 Å². The lowest BCUT2D eigenvalue weighted by atomic mass is 10.0. The van der Waals surface area contributed by atoms with Crippen molar-refractivity contribution in [1.29, 1.82) is 0 Å². The van der Waals surface area contributed by atoms with Crippen molar-refractivity contribution in [2.24, 2.45) is 0 Å². The maximum atomic E-state index is 11.9. The minimum atomic E-state index is -0.0186. The number of nitrogens with zero attached hydrogens (tertiary/aromatic N) is 5. The van der Waals surface area contributed by atoms with Gasteiger partial charge in [0.25, 0.3) is 0 Å². The number of benzene rings is 2. The van der Waals surface area contributed by atoms with Gasteiger partial charge in [0.15, 0.2) is 0 Å². The molecule has 1 amide bonds. The van der Waals surface area contributed by atoms with Crippen molar-refractivity contribution in [1.82, 2.24) is 14.9 Å². The van der Waals surface area contributed by atoms with Crippen LogP contribution in [0.2, 0.25) is 0 Å². The Morgan fingerprint density at radius 2 is 1.81 bits per heavy atom. The van der Waals surface area contributed by atoms with Gasteiger partial charge in [0.1, 0.15) is 17.9 Å². The highest BCUT2D eigenvalue weighted by Crippen LogP contribution is 2.38. The molecule has 1 fully saturated rings. The lowest BCUT2D eigenvalue weighted by Gasteiger charge is -2.37. The molecule has 0 unspecified atom stereocenters. The molecule has 0 aliphatic carbocycles. The van der Waals surface area contributed by atoms with Crippen LogP contribution in [0, 0.1) is 0 Å². The number of phenolic OH excluding ortho intramolecular Hbond substituents is 1. The van der Waals surface area contributed by atoms with Crippen molar-refractivity contribution in [3.05, 3.63) is 66.6 Å². The summed E-state index contributed by atoms with van der Waals surface area (Å²) in [6, 6.07) is 11.8. The molecule has 1 saturated heterocycles. The molecule has 0 saturated carbocycles. The van der Waals surface area contributed by atoms with Crippen LogP contribution in [0.15, 0.2) is 55.4 Å². The lowest BCUT2D eigenvalue weighted by Crippen LogP contribution is -2.49. The molecule has 158 valence electrons. The Balaban J connectivity index is 1.41. The lowest BCUT2D eigenvalue weighted by molar-refractivity contribution is -0.126. The third-order valence-corrected chi connectivity index (χ3v) is 6.25. The van der Waals surface area contributed by atoms with Gasteiger partial charge in [0.05, 0.1) is 17.9 Å². The monoisotopic (exact) mass is 415 g/mol. The fourth-order valence-electron chi connectivity index (χ4n) is 4.64. The van der Waals surface area contributed by atoms with Gasteiger partial charge in [-0.15, -0.1) is 0 Å². The summed E-state index contributed by atoms with van der Waals surface area (Å²) in [5.41, 5.74) is 3.02. The number of piperazine rings is 1. The van der Waals surface area contributed by atoms with E-state index in [1.807, 2.05) is 23.1 Å². The van der Waals surface area contributed by atoms with Gasteiger partial charge in [0, 0.05) is 43.7 Å². The van der Waals surface area contributed by atoms with Crippen LogP contribution in [-0.2, 0) is 17.8 Å². The Kier molecular flexibility index (Phi) is 4.94. The zero-order valence-electron chi connectivity index (χ0n) is 17.4. The average molecular weight is 415 g/mol. The topological polar surface area (TPSA) is 72.8 Å². The molecule has 0 atom stereocenters. The summed E-state index contributed by atoms with van der Waals surface area (Å²) in [5, 5.41) is 12.8. The number of carbonyl (C=O) groups excluding carboxylic acids is 1. The van der Waals surface area contributed by atoms with Gasteiger partial charge in [-0.25, -0.2) is 9.97 Å². The van der Waals surface area contributed by atoms with Crippen molar-refractivity contribution in [2.45, 2.75) is 13.0 Å². The molecule has 7 heteroatoms. The van der Waals surface area contributed by atoms with E-state index in [1.54, 1.807) is 12.4 Å². The third kappa shape index (κ3) is 3.46. The molecule has 1 aromatic heterocycles. The maximum Gasteiger partial charge on any atom is 0.246 e. The Morgan fingerprint density at radius 1 is 1.00 bits per heavy atom. The van der Waals surface area contributed by atoms with Gasteiger partial charge < -0.3 is 19.8 Å². The predicted octanol–water partition coefficient (Wildman–Crippen LogP) is 2.73. The fraction of sp³-hybridized carbons (Fsp3) is 0.292. The van der Waals surface area contributed by atoms with Gasteiger partial charge in [-0.05, 0) is 23.9 Å². The van der Waals surface area contributed by atoms with Crippen molar-refractivity contribution >= 4 is 28.2 Å². The standard InChI is InChI=1S/C24H25N5O2/c1-2-22(31)27-11-13-28(14-12-27)24-19-9-10-29(15-20(19)25-16-26-24)23-18-6-4-3-5-17(18)7-8-21(23)30/h2-8,16,30H,1,9-15H2. The number of phenols is 1. The van der Waals surface area contributed by atoms with Crippen LogP contribution in [-0.4, -0.2) is 58.6 Å². The first-order valence-corrected chi connectivity index (χ1v) is 10.6. The molecular weight excluding hydrogens is 390 g/mol. The van der Waals surface area contributed by atoms with E-state index in [4.69, 9.17) is 0 Å². The number of aromatic hydroxyl groups is 1. The van der Waals surface area contributed by atoms with Gasteiger partial charge >= 0.3 is 0 Å². The molecule has 2 aliphatic heterocycles. The average Bonchev–Trinajstić information content (AvgIpc) is 2.83. The van der Waals surface area contributed by atoms with Crippen LogP contribution < -0.4 is 9.80 Å². The second-order valence-corrected chi connectivity index (χ2v) is 7.96. The van der Waals surface area contributed by atoms with E-state index >= 15 is 0 Å². The van der Waals surface area contributed by atoms with E-state index < -0.39 is 0 Å². The molecule has 0 spiro atoms. The van der Waals surface area contributed by atoms with Crippen LogP contribution in [0.3, 0.4) is 0 Å². The molecule has 0 bridgehead atoms. The first-order valence-electron chi connectivity index (χ1n) is 10.6. The summed E-state index contributed by atoms with van der Waals surface area (Å²) in [5.74, 6) is 1.24. The molecule has 31 heavy (non-hydrogen) atoms. The van der Waals surface area contributed by atoms with Crippen molar-refractivity contribution in [3.63, 3.8) is 0 Å². The molecule has 5 rings (SSSR count). The number of anilines is 2. The number of hydrogen-bond acceptors (Lipinski definition) is 6. The normalized spacial score (nSPS) is 16.3. The Hall–Kier alpha value is -3.61. The summed E-state index contributed by atoms with van der Waals surface area (Å²) in [7, 11) is 0. The summed E-state index contributed by atoms with van der Waals surface area (Å²) in [6.07, 6.45) is 3.81. The van der Waals surface area contributed by atoms with Gasteiger partial charge in [0.2, 0.25) is 5.91 Å². The summed E-state index contributed by atoms with van der Waals surface area (Å²) in [4.78, 5) is 27.3. The Labute approximate surface area is 181 Å². The zero-order chi connectivity index (χ0) is 21.4. The molecule has 3 heterocycles. The predicted molar refractivity (Wildman–Crippen MR) is 121 cm³/mol. The first kappa shape index (κ1) is 19.4. The second kappa shape index (κ2) is 7.91. The smallest absolute Gasteiger partial charge is 0.246 e. The number of carbonyl (C=O) groups is 1. The van der Waals surface area contributed by atoms with Gasteiger partial charge in [-0.3, -0.25) is 4.79 Å². The number of amides is 1. The Bertz CT molecular complexity index is 1150. The number of hydrogen-bond donors (Lipinski definition) is 1. The third-order valence-electron chi connectivity index (χ3n) is 6.25. The van der Waals surface area contributed by atoms with E-state index in [-0.39, 0.29) is 5.91 Å². The molecule has 3 aromatic rings. The second-order valence-electron chi connectivity index (χ2n) is 7.96. The fourth-order valence-corrected chi connectivity index (χ4v) is 4.64. The van der Waals surface area contributed by atoms with Crippen LogP contribution >= 0.6 is 0 Å². The van der Waals surface area contributed by atoms with Gasteiger partial charge in [-0.2, -0.15) is 0 Å². The first-order chi connectivity index (χ1) is 15.2. The van der Waals surface area contributed by atoms with E-state index in [0.717, 1.165) is 54.0 Å². The highest BCUT2D eigenvalue weighted by atomic mass is 16.3. The molecule has 7 nitrogen and oxygen atoms in total.